The quantitative estimate of drug-likeness (QED) is 0.780. The molecule has 0 aliphatic carbocycles. The summed E-state index contributed by atoms with van der Waals surface area (Å²) in [6.07, 6.45) is 5.70. The van der Waals surface area contributed by atoms with E-state index in [-0.39, 0.29) is 0 Å². The Kier molecular flexibility index (Phi) is 3.30. The van der Waals surface area contributed by atoms with Crippen LogP contribution in [0.1, 0.15) is 25.0 Å². The van der Waals surface area contributed by atoms with Gasteiger partial charge in [0, 0.05) is 18.0 Å². The van der Waals surface area contributed by atoms with E-state index in [9.17, 15) is 0 Å². The molecule has 2 nitrogen and oxygen atoms in total. The van der Waals surface area contributed by atoms with Crippen LogP contribution in [0.15, 0.2) is 36.7 Å². The van der Waals surface area contributed by atoms with Crippen molar-refractivity contribution in [1.82, 2.24) is 9.97 Å². The summed E-state index contributed by atoms with van der Waals surface area (Å²) in [5.74, 6) is 0.805. The van der Waals surface area contributed by atoms with Crippen LogP contribution in [0.3, 0.4) is 0 Å². The van der Waals surface area contributed by atoms with Crippen LogP contribution >= 0.6 is 0 Å². The molecule has 1 heterocycles. The molecule has 0 N–H and O–H groups in total. The first-order valence-corrected chi connectivity index (χ1v) is 5.74. The molecule has 0 aliphatic heterocycles. The van der Waals surface area contributed by atoms with Gasteiger partial charge in [0.05, 0.1) is 0 Å². The molecule has 0 aliphatic rings. The molecular formula is C14H16N2. The lowest BCUT2D eigenvalue weighted by molar-refractivity contribution is 1.03. The van der Waals surface area contributed by atoms with E-state index in [0.717, 1.165) is 24.2 Å². The van der Waals surface area contributed by atoms with Crippen molar-refractivity contribution in [3.05, 3.63) is 47.8 Å². The number of hydrogen-bond acceptors (Lipinski definition) is 2. The van der Waals surface area contributed by atoms with Crippen LogP contribution in [-0.4, -0.2) is 9.97 Å². The van der Waals surface area contributed by atoms with E-state index in [2.05, 4.69) is 42.0 Å². The van der Waals surface area contributed by atoms with E-state index >= 15 is 0 Å². The summed E-state index contributed by atoms with van der Waals surface area (Å²) in [5, 5.41) is 0. The molecule has 2 heteroatoms. The van der Waals surface area contributed by atoms with Crippen molar-refractivity contribution < 1.29 is 0 Å². The highest BCUT2D eigenvalue weighted by Crippen LogP contribution is 2.20. The van der Waals surface area contributed by atoms with E-state index in [1.54, 1.807) is 12.4 Å². The van der Waals surface area contributed by atoms with E-state index < -0.39 is 0 Å². The molecule has 0 atom stereocenters. The van der Waals surface area contributed by atoms with Crippen LogP contribution in [0, 0.1) is 0 Å². The molecule has 2 rings (SSSR count). The number of rotatable bonds is 3. The van der Waals surface area contributed by atoms with E-state index in [1.165, 1.54) is 11.1 Å². The minimum Gasteiger partial charge on any atom is -0.237 e. The van der Waals surface area contributed by atoms with Crippen LogP contribution in [0.25, 0.3) is 11.4 Å². The minimum absolute atomic E-state index is 0.805. The Labute approximate surface area is 96.4 Å². The molecule has 0 spiro atoms. The van der Waals surface area contributed by atoms with E-state index in [1.807, 2.05) is 6.07 Å². The first kappa shape index (κ1) is 10.8. The van der Waals surface area contributed by atoms with Gasteiger partial charge in [0.1, 0.15) is 0 Å². The highest BCUT2D eigenvalue weighted by Gasteiger charge is 2.04. The molecule has 0 unspecified atom stereocenters. The standard InChI is InChI=1S/C14H16N2/c1-3-11-6-7-13(10-12(11)4-2)14-15-8-5-9-16-14/h5-10H,3-4H2,1-2H3. The summed E-state index contributed by atoms with van der Waals surface area (Å²) >= 11 is 0. The fourth-order valence-corrected chi connectivity index (χ4v) is 1.89. The zero-order chi connectivity index (χ0) is 11.4. The summed E-state index contributed by atoms with van der Waals surface area (Å²) in [6.45, 7) is 4.37. The molecule has 82 valence electrons. The lowest BCUT2D eigenvalue weighted by atomic mass is 10.00. The number of nitrogens with zero attached hydrogens (tertiary/aromatic N) is 2. The summed E-state index contributed by atoms with van der Waals surface area (Å²) in [5.41, 5.74) is 3.92. The molecule has 16 heavy (non-hydrogen) atoms. The third kappa shape index (κ3) is 2.11. The van der Waals surface area contributed by atoms with Gasteiger partial charge in [-0.2, -0.15) is 0 Å². The van der Waals surface area contributed by atoms with Crippen LogP contribution in [0.2, 0.25) is 0 Å². The normalized spacial score (nSPS) is 10.4. The smallest absolute Gasteiger partial charge is 0.159 e. The predicted molar refractivity (Wildman–Crippen MR) is 66.2 cm³/mol. The molecule has 0 fully saturated rings. The largest absolute Gasteiger partial charge is 0.237 e. The summed E-state index contributed by atoms with van der Waals surface area (Å²) in [4.78, 5) is 8.54. The second-order valence-corrected chi connectivity index (χ2v) is 3.76. The molecule has 0 saturated carbocycles. The summed E-state index contributed by atoms with van der Waals surface area (Å²) in [7, 11) is 0. The van der Waals surface area contributed by atoms with Crippen molar-refractivity contribution in [1.29, 1.82) is 0 Å². The number of aromatic nitrogens is 2. The van der Waals surface area contributed by atoms with Crippen LogP contribution in [0.4, 0.5) is 0 Å². The van der Waals surface area contributed by atoms with Crippen LogP contribution in [0.5, 0.6) is 0 Å². The predicted octanol–water partition coefficient (Wildman–Crippen LogP) is 3.27. The zero-order valence-electron chi connectivity index (χ0n) is 9.77. The maximum Gasteiger partial charge on any atom is 0.159 e. The summed E-state index contributed by atoms with van der Waals surface area (Å²) in [6, 6.07) is 8.33. The molecule has 1 aromatic heterocycles. The van der Waals surface area contributed by atoms with Gasteiger partial charge in [-0.05, 0) is 36.1 Å². The SMILES string of the molecule is CCc1ccc(-c2ncccn2)cc1CC. The van der Waals surface area contributed by atoms with Gasteiger partial charge in [-0.25, -0.2) is 9.97 Å². The van der Waals surface area contributed by atoms with Crippen molar-refractivity contribution in [3.63, 3.8) is 0 Å². The van der Waals surface area contributed by atoms with Gasteiger partial charge in [0.25, 0.3) is 0 Å². The zero-order valence-corrected chi connectivity index (χ0v) is 9.77. The number of aryl methyl sites for hydroxylation is 2. The molecule has 0 saturated heterocycles. The Bertz CT molecular complexity index is 463. The lowest BCUT2D eigenvalue weighted by Gasteiger charge is -2.07. The van der Waals surface area contributed by atoms with Gasteiger partial charge < -0.3 is 0 Å². The highest BCUT2D eigenvalue weighted by atomic mass is 14.8. The maximum atomic E-state index is 4.27. The second kappa shape index (κ2) is 4.88. The lowest BCUT2D eigenvalue weighted by Crippen LogP contribution is -1.93. The van der Waals surface area contributed by atoms with Gasteiger partial charge in [0.2, 0.25) is 0 Å². The first-order valence-electron chi connectivity index (χ1n) is 5.74. The van der Waals surface area contributed by atoms with Crippen molar-refractivity contribution >= 4 is 0 Å². The fourth-order valence-electron chi connectivity index (χ4n) is 1.89. The third-order valence-electron chi connectivity index (χ3n) is 2.79. The molecule has 2 aromatic rings. The first-order chi connectivity index (χ1) is 7.85. The van der Waals surface area contributed by atoms with Crippen LogP contribution in [-0.2, 0) is 12.8 Å². The minimum atomic E-state index is 0.805. The maximum absolute atomic E-state index is 4.27. The molecule has 0 radical (unpaired) electrons. The Hall–Kier alpha value is -1.70. The molecule has 0 bridgehead atoms. The Balaban J connectivity index is 2.44. The molecular weight excluding hydrogens is 196 g/mol. The van der Waals surface area contributed by atoms with Crippen molar-refractivity contribution in [2.75, 3.05) is 0 Å². The Morgan fingerprint density at radius 2 is 1.62 bits per heavy atom. The number of benzene rings is 1. The number of hydrogen-bond donors (Lipinski definition) is 0. The molecule has 0 amide bonds. The topological polar surface area (TPSA) is 25.8 Å². The average molecular weight is 212 g/mol. The fraction of sp³-hybridized carbons (Fsp3) is 0.286. The van der Waals surface area contributed by atoms with Gasteiger partial charge >= 0.3 is 0 Å². The van der Waals surface area contributed by atoms with Gasteiger partial charge in [-0.1, -0.05) is 26.0 Å². The Morgan fingerprint density at radius 3 is 2.25 bits per heavy atom. The monoisotopic (exact) mass is 212 g/mol. The van der Waals surface area contributed by atoms with Crippen molar-refractivity contribution in [2.45, 2.75) is 26.7 Å². The van der Waals surface area contributed by atoms with E-state index in [4.69, 9.17) is 0 Å². The highest BCUT2D eigenvalue weighted by molar-refractivity contribution is 5.57. The van der Waals surface area contributed by atoms with Crippen molar-refractivity contribution in [3.8, 4) is 11.4 Å². The average Bonchev–Trinajstić information content (AvgIpc) is 2.39. The van der Waals surface area contributed by atoms with Gasteiger partial charge in [-0.15, -0.1) is 0 Å². The second-order valence-electron chi connectivity index (χ2n) is 3.76. The van der Waals surface area contributed by atoms with Crippen molar-refractivity contribution in [2.24, 2.45) is 0 Å². The van der Waals surface area contributed by atoms with E-state index in [0.29, 0.717) is 0 Å². The third-order valence-corrected chi connectivity index (χ3v) is 2.79. The van der Waals surface area contributed by atoms with Gasteiger partial charge in [0.15, 0.2) is 5.82 Å². The Morgan fingerprint density at radius 1 is 0.938 bits per heavy atom. The molecule has 1 aromatic carbocycles. The van der Waals surface area contributed by atoms with Crippen LogP contribution < -0.4 is 0 Å². The summed E-state index contributed by atoms with van der Waals surface area (Å²) < 4.78 is 0. The van der Waals surface area contributed by atoms with Gasteiger partial charge in [-0.3, -0.25) is 0 Å².